The Labute approximate surface area is 202 Å². The minimum Gasteiger partial charge on any atom is -0.508 e. The molecule has 0 saturated carbocycles. The lowest BCUT2D eigenvalue weighted by Gasteiger charge is -2.16. The van der Waals surface area contributed by atoms with Crippen LogP contribution in [0.25, 0.3) is 32.3 Å². The first-order chi connectivity index (χ1) is 16.4. The molecule has 0 radical (unpaired) electrons. The van der Waals surface area contributed by atoms with E-state index in [1.54, 1.807) is 12.1 Å². The van der Waals surface area contributed by atoms with Gasteiger partial charge < -0.3 is 14.6 Å². The lowest BCUT2D eigenvalue weighted by molar-refractivity contribution is -0.0431. The molecule has 0 fully saturated rings. The summed E-state index contributed by atoms with van der Waals surface area (Å²) in [5.41, 5.74) is 5.91. The molecule has 3 nitrogen and oxygen atoms in total. The summed E-state index contributed by atoms with van der Waals surface area (Å²) >= 11 is 1.85. The first kappa shape index (κ1) is 20.8. The Hall–Kier alpha value is -3.76. The van der Waals surface area contributed by atoms with Gasteiger partial charge in [-0.05, 0) is 52.6 Å². The molecule has 0 bridgehead atoms. The molecule has 0 aliphatic carbocycles. The molecule has 4 aromatic carbocycles. The fourth-order valence-corrected chi connectivity index (χ4v) is 5.84. The first-order valence-corrected chi connectivity index (χ1v) is 12.2. The highest BCUT2D eigenvalue weighted by atomic mass is 32.1. The van der Waals surface area contributed by atoms with Crippen LogP contribution in [0.1, 0.15) is 24.3 Å². The van der Waals surface area contributed by atoms with Crippen molar-refractivity contribution < 1.29 is 14.6 Å². The topological polar surface area (TPSA) is 38.7 Å². The highest BCUT2D eigenvalue weighted by molar-refractivity contribution is 7.19. The quantitative estimate of drug-likeness (QED) is 0.292. The molecule has 6 rings (SSSR count). The van der Waals surface area contributed by atoms with E-state index in [1.807, 2.05) is 43.4 Å². The normalized spacial score (nSPS) is 13.9. The average Bonchev–Trinajstić information content (AvgIpc) is 3.34. The number of thiophene rings is 1. The van der Waals surface area contributed by atoms with Crippen molar-refractivity contribution in [3.05, 3.63) is 101 Å². The van der Waals surface area contributed by atoms with E-state index in [2.05, 4.69) is 60.7 Å². The van der Waals surface area contributed by atoms with E-state index in [0.29, 0.717) is 0 Å². The third kappa shape index (κ3) is 3.80. The molecule has 4 heteroatoms. The minimum absolute atomic E-state index is 0.279. The second-order valence-electron chi connectivity index (χ2n) is 9.08. The lowest BCUT2D eigenvalue weighted by atomic mass is 9.96. The van der Waals surface area contributed by atoms with Crippen LogP contribution < -0.4 is 9.47 Å². The summed E-state index contributed by atoms with van der Waals surface area (Å²) in [6.07, 6.45) is 0.825. The summed E-state index contributed by atoms with van der Waals surface area (Å²) in [6, 6.07) is 30.9. The second kappa shape index (κ2) is 7.93. The van der Waals surface area contributed by atoms with Crippen LogP contribution in [0.5, 0.6) is 17.2 Å². The zero-order chi connectivity index (χ0) is 23.3. The van der Waals surface area contributed by atoms with Gasteiger partial charge in [-0.3, -0.25) is 0 Å². The predicted octanol–water partition coefficient (Wildman–Crippen LogP) is 8.04. The second-order valence-corrected chi connectivity index (χ2v) is 10.2. The molecular formula is C30H24O3S. The van der Waals surface area contributed by atoms with Crippen molar-refractivity contribution >= 4 is 21.4 Å². The van der Waals surface area contributed by atoms with Gasteiger partial charge in [-0.15, -0.1) is 11.3 Å². The maximum Gasteiger partial charge on any atom is 0.246 e. The number of aromatic hydroxyl groups is 1. The largest absolute Gasteiger partial charge is 0.508 e. The van der Waals surface area contributed by atoms with Gasteiger partial charge in [0.1, 0.15) is 5.75 Å². The maximum absolute atomic E-state index is 9.59. The SMILES string of the molecule is CC1(C)Oc2ccc(Cc3sc4ccccc4c3-c3ccc(-c4ccc(O)cc4)cc3)cc2O1. The van der Waals surface area contributed by atoms with E-state index < -0.39 is 5.79 Å². The van der Waals surface area contributed by atoms with E-state index in [1.165, 1.54) is 31.7 Å². The van der Waals surface area contributed by atoms with Gasteiger partial charge in [0.25, 0.3) is 0 Å². The fraction of sp³-hybridized carbons (Fsp3) is 0.133. The third-order valence-electron chi connectivity index (χ3n) is 6.13. The monoisotopic (exact) mass is 464 g/mol. The maximum atomic E-state index is 9.59. The van der Waals surface area contributed by atoms with Crippen LogP contribution in [-0.4, -0.2) is 10.9 Å². The lowest BCUT2D eigenvalue weighted by Crippen LogP contribution is -2.29. The number of hydrogen-bond donors (Lipinski definition) is 1. The smallest absolute Gasteiger partial charge is 0.246 e. The van der Waals surface area contributed by atoms with Gasteiger partial charge in [0.2, 0.25) is 5.79 Å². The van der Waals surface area contributed by atoms with Gasteiger partial charge in [0.15, 0.2) is 11.5 Å². The molecule has 168 valence electrons. The number of phenols is 1. The van der Waals surface area contributed by atoms with E-state index in [4.69, 9.17) is 9.47 Å². The minimum atomic E-state index is -0.622. The number of benzene rings is 4. The number of hydrogen-bond acceptors (Lipinski definition) is 4. The van der Waals surface area contributed by atoms with E-state index >= 15 is 0 Å². The summed E-state index contributed by atoms with van der Waals surface area (Å²) in [5, 5.41) is 10.9. The van der Waals surface area contributed by atoms with Gasteiger partial charge in [0.05, 0.1) is 0 Å². The Bertz CT molecular complexity index is 1500. The highest BCUT2D eigenvalue weighted by Crippen LogP contribution is 2.43. The molecule has 2 heterocycles. The Morgan fingerprint density at radius 2 is 1.38 bits per heavy atom. The van der Waals surface area contributed by atoms with E-state index in [9.17, 15) is 5.11 Å². The van der Waals surface area contributed by atoms with Crippen molar-refractivity contribution in [1.82, 2.24) is 0 Å². The van der Waals surface area contributed by atoms with E-state index in [-0.39, 0.29) is 5.75 Å². The molecule has 1 aromatic heterocycles. The van der Waals surface area contributed by atoms with Gasteiger partial charge in [-0.1, -0.05) is 60.7 Å². The van der Waals surface area contributed by atoms with Crippen molar-refractivity contribution in [2.75, 3.05) is 0 Å². The molecule has 1 aliphatic rings. The number of ether oxygens (including phenoxy) is 2. The van der Waals surface area contributed by atoms with Gasteiger partial charge in [-0.25, -0.2) is 0 Å². The van der Waals surface area contributed by atoms with Crippen LogP contribution in [0.4, 0.5) is 0 Å². The van der Waals surface area contributed by atoms with Crippen LogP contribution >= 0.6 is 11.3 Å². The molecule has 5 aromatic rings. The molecule has 1 N–H and O–H groups in total. The van der Waals surface area contributed by atoms with Gasteiger partial charge in [0, 0.05) is 40.8 Å². The van der Waals surface area contributed by atoms with Crippen molar-refractivity contribution in [1.29, 1.82) is 0 Å². The molecule has 34 heavy (non-hydrogen) atoms. The van der Waals surface area contributed by atoms with Crippen LogP contribution in [0.15, 0.2) is 91.0 Å². The zero-order valence-corrected chi connectivity index (χ0v) is 19.9. The van der Waals surface area contributed by atoms with Crippen LogP contribution in [0, 0.1) is 0 Å². The zero-order valence-electron chi connectivity index (χ0n) is 19.0. The van der Waals surface area contributed by atoms with Crippen molar-refractivity contribution in [3.8, 4) is 39.5 Å². The first-order valence-electron chi connectivity index (χ1n) is 11.4. The summed E-state index contributed by atoms with van der Waals surface area (Å²) in [5.74, 6) is 1.27. The highest BCUT2D eigenvalue weighted by Gasteiger charge is 2.31. The fourth-order valence-electron chi connectivity index (χ4n) is 4.58. The van der Waals surface area contributed by atoms with Crippen molar-refractivity contribution in [3.63, 3.8) is 0 Å². The molecule has 0 spiro atoms. The Morgan fingerprint density at radius 3 is 2.15 bits per heavy atom. The number of fused-ring (bicyclic) bond motifs is 2. The Kier molecular flexibility index (Phi) is 4.85. The Morgan fingerprint density at radius 1 is 0.735 bits per heavy atom. The number of phenolic OH excluding ortho intramolecular Hbond substituents is 1. The molecular weight excluding hydrogens is 440 g/mol. The molecule has 0 amide bonds. The molecule has 1 aliphatic heterocycles. The summed E-state index contributed by atoms with van der Waals surface area (Å²) < 4.78 is 13.1. The third-order valence-corrected chi connectivity index (χ3v) is 7.30. The summed E-state index contributed by atoms with van der Waals surface area (Å²) in [4.78, 5) is 1.33. The van der Waals surface area contributed by atoms with Crippen molar-refractivity contribution in [2.24, 2.45) is 0 Å². The van der Waals surface area contributed by atoms with Crippen LogP contribution in [0.2, 0.25) is 0 Å². The molecule has 0 unspecified atom stereocenters. The van der Waals surface area contributed by atoms with Gasteiger partial charge in [-0.2, -0.15) is 0 Å². The Balaban J connectivity index is 1.38. The van der Waals surface area contributed by atoms with Crippen molar-refractivity contribution in [2.45, 2.75) is 26.1 Å². The average molecular weight is 465 g/mol. The summed E-state index contributed by atoms with van der Waals surface area (Å²) in [6.45, 7) is 3.86. The van der Waals surface area contributed by atoms with Crippen LogP contribution in [-0.2, 0) is 6.42 Å². The van der Waals surface area contributed by atoms with E-state index in [0.717, 1.165) is 29.0 Å². The number of rotatable bonds is 4. The van der Waals surface area contributed by atoms with Crippen LogP contribution in [0.3, 0.4) is 0 Å². The predicted molar refractivity (Wildman–Crippen MR) is 139 cm³/mol. The molecule has 0 atom stereocenters. The standard InChI is InChI=1S/C30H24O3S/c1-30(2)32-25-16-7-19(17-26(25)33-30)18-28-29(24-5-3-4-6-27(24)34-28)22-10-8-20(9-11-22)21-12-14-23(31)15-13-21/h3-17,31H,18H2,1-2H3. The summed E-state index contributed by atoms with van der Waals surface area (Å²) in [7, 11) is 0. The van der Waals surface area contributed by atoms with Gasteiger partial charge >= 0.3 is 0 Å². The molecule has 0 saturated heterocycles.